The van der Waals surface area contributed by atoms with E-state index in [9.17, 15) is 0 Å². The fourth-order valence-corrected chi connectivity index (χ4v) is 9.29. The molecule has 10 aromatic rings. The van der Waals surface area contributed by atoms with Gasteiger partial charge in [0.15, 0.2) is 0 Å². The molecule has 0 amide bonds. The van der Waals surface area contributed by atoms with Crippen LogP contribution in [0.15, 0.2) is 115 Å². The molecule has 10 rings (SSSR count). The molecule has 0 fully saturated rings. The maximum absolute atomic E-state index is 2.61. The van der Waals surface area contributed by atoms with E-state index in [2.05, 4.69) is 120 Å². The van der Waals surface area contributed by atoms with E-state index in [-0.39, 0.29) is 0 Å². The molecule has 0 bridgehead atoms. The van der Waals surface area contributed by atoms with Crippen LogP contribution < -0.4 is 0 Å². The molecule has 39 heavy (non-hydrogen) atoms. The highest BCUT2D eigenvalue weighted by molar-refractivity contribution is 7.26. The molecule has 0 radical (unpaired) electrons. The molecule has 1 nitrogen and oxygen atoms in total. The number of hydrogen-bond acceptors (Lipinski definition) is 2. The number of hydrogen-bond donors (Lipinski definition) is 0. The van der Waals surface area contributed by atoms with Crippen molar-refractivity contribution in [2.24, 2.45) is 0 Å². The van der Waals surface area contributed by atoms with Crippen LogP contribution in [-0.4, -0.2) is 4.40 Å². The Morgan fingerprint density at radius 3 is 1.74 bits per heavy atom. The lowest BCUT2D eigenvalue weighted by Gasteiger charge is -2.05. The number of para-hydroxylation sites is 1. The van der Waals surface area contributed by atoms with Gasteiger partial charge in [-0.15, -0.1) is 22.7 Å². The van der Waals surface area contributed by atoms with E-state index in [1.54, 1.807) is 0 Å². The number of fused-ring (bicyclic) bond motifs is 11. The summed E-state index contributed by atoms with van der Waals surface area (Å²) in [4.78, 5) is 0. The Hall–Kier alpha value is -4.44. The van der Waals surface area contributed by atoms with Gasteiger partial charge in [0.1, 0.15) is 0 Å². The Morgan fingerprint density at radius 2 is 0.872 bits per heavy atom. The van der Waals surface area contributed by atoms with Gasteiger partial charge in [-0.25, -0.2) is 0 Å². The first-order valence-electron chi connectivity index (χ1n) is 13.3. The third-order valence-corrected chi connectivity index (χ3v) is 10.8. The van der Waals surface area contributed by atoms with Crippen molar-refractivity contribution in [2.45, 2.75) is 0 Å². The molecule has 0 aliphatic rings. The van der Waals surface area contributed by atoms with Gasteiger partial charge in [0.05, 0.1) is 16.6 Å². The molecule has 6 aromatic carbocycles. The lowest BCUT2D eigenvalue weighted by atomic mass is 10.0. The summed E-state index contributed by atoms with van der Waals surface area (Å²) >= 11 is 3.80. The maximum atomic E-state index is 2.61. The van der Waals surface area contributed by atoms with Gasteiger partial charge in [-0.2, -0.15) is 0 Å². The summed E-state index contributed by atoms with van der Waals surface area (Å²) in [7, 11) is 0. The zero-order valence-electron chi connectivity index (χ0n) is 20.7. The molecular weight excluding hydrogens is 511 g/mol. The second-order valence-electron chi connectivity index (χ2n) is 10.4. The van der Waals surface area contributed by atoms with Crippen LogP contribution in [0.25, 0.3) is 89.2 Å². The number of benzene rings is 6. The molecule has 4 aromatic heterocycles. The first-order valence-corrected chi connectivity index (χ1v) is 14.9. The Morgan fingerprint density at radius 1 is 0.333 bits per heavy atom. The van der Waals surface area contributed by atoms with Gasteiger partial charge < -0.3 is 4.40 Å². The van der Waals surface area contributed by atoms with Gasteiger partial charge in [0.2, 0.25) is 0 Å². The molecule has 0 spiro atoms. The lowest BCUT2D eigenvalue weighted by molar-refractivity contribution is 1.37. The highest BCUT2D eigenvalue weighted by Crippen LogP contribution is 2.46. The minimum absolute atomic E-state index is 1.27. The van der Waals surface area contributed by atoms with E-state index < -0.39 is 0 Å². The van der Waals surface area contributed by atoms with Crippen LogP contribution in [0, 0.1) is 0 Å². The molecule has 0 aliphatic carbocycles. The largest absolute Gasteiger partial charge is 0.307 e. The zero-order chi connectivity index (χ0) is 25.2. The van der Waals surface area contributed by atoms with Crippen molar-refractivity contribution in [3.63, 3.8) is 0 Å². The molecule has 4 heterocycles. The third-order valence-electron chi connectivity index (χ3n) is 8.54. The number of thiophene rings is 2. The average Bonchev–Trinajstić information content (AvgIpc) is 3.66. The van der Waals surface area contributed by atoms with Gasteiger partial charge >= 0.3 is 0 Å². The van der Waals surface area contributed by atoms with E-state index in [0.29, 0.717) is 0 Å². The van der Waals surface area contributed by atoms with Crippen LogP contribution in [-0.2, 0) is 0 Å². The molecule has 0 saturated heterocycles. The lowest BCUT2D eigenvalue weighted by Crippen LogP contribution is -1.87. The van der Waals surface area contributed by atoms with Crippen LogP contribution in [0.4, 0.5) is 0 Å². The minimum Gasteiger partial charge on any atom is -0.307 e. The highest BCUT2D eigenvalue weighted by Gasteiger charge is 2.20. The normalized spacial score (nSPS) is 12.6. The van der Waals surface area contributed by atoms with E-state index in [4.69, 9.17) is 0 Å². The molecule has 180 valence electrons. The summed E-state index contributed by atoms with van der Waals surface area (Å²) in [6.07, 6.45) is 0. The Balaban J connectivity index is 1.71. The summed E-state index contributed by atoms with van der Waals surface area (Å²) < 4.78 is 7.97. The molecule has 0 N–H and O–H groups in total. The van der Waals surface area contributed by atoms with Crippen LogP contribution >= 0.6 is 22.7 Å². The van der Waals surface area contributed by atoms with Crippen molar-refractivity contribution >= 4 is 112 Å². The zero-order valence-corrected chi connectivity index (χ0v) is 22.4. The van der Waals surface area contributed by atoms with Gasteiger partial charge in [-0.1, -0.05) is 84.9 Å². The smallest absolute Gasteiger partial charge is 0.0634 e. The number of aromatic nitrogens is 1. The summed E-state index contributed by atoms with van der Waals surface area (Å²) in [5.41, 5.74) is 3.88. The maximum Gasteiger partial charge on any atom is 0.0634 e. The number of nitrogens with zero attached hydrogens (tertiary/aromatic N) is 1. The molecule has 3 heteroatoms. The first kappa shape index (κ1) is 20.5. The molecule has 0 aliphatic heterocycles. The Bertz CT molecular complexity index is 2660. The van der Waals surface area contributed by atoms with Crippen LogP contribution in [0.5, 0.6) is 0 Å². The highest BCUT2D eigenvalue weighted by atomic mass is 32.1. The van der Waals surface area contributed by atoms with Gasteiger partial charge in [-0.3, -0.25) is 0 Å². The summed E-state index contributed by atoms with van der Waals surface area (Å²) in [5, 5.41) is 13.2. The summed E-state index contributed by atoms with van der Waals surface area (Å²) in [5.74, 6) is 0. The summed E-state index contributed by atoms with van der Waals surface area (Å²) in [6, 6.07) is 43.1. The van der Waals surface area contributed by atoms with Crippen LogP contribution in [0.1, 0.15) is 0 Å². The molecule has 0 saturated carbocycles. The second-order valence-corrected chi connectivity index (χ2v) is 12.6. The summed E-state index contributed by atoms with van der Waals surface area (Å²) in [6.45, 7) is 0. The van der Waals surface area contributed by atoms with E-state index in [1.165, 1.54) is 89.2 Å². The molecule has 0 unspecified atom stereocenters. The standard InChI is InChI=1S/C36H19NS2/c1-2-9-21-20(8-1)22-11-6-16-29-32(22)34-27(14-7-17-30(34)39-29)37-35-23(21)12-5-13-24(35)25-18-19-31-33(36(25)37)26-10-3-4-15-28(26)38-31/h1-19H. The molecular formula is C36H19NS2. The van der Waals surface area contributed by atoms with Crippen molar-refractivity contribution < 1.29 is 0 Å². The third kappa shape index (κ3) is 2.46. The van der Waals surface area contributed by atoms with Gasteiger partial charge in [0, 0.05) is 56.5 Å². The predicted molar refractivity (Wildman–Crippen MR) is 173 cm³/mol. The Labute approximate surface area is 230 Å². The van der Waals surface area contributed by atoms with Crippen LogP contribution in [0.2, 0.25) is 0 Å². The van der Waals surface area contributed by atoms with Gasteiger partial charge in [0.25, 0.3) is 0 Å². The van der Waals surface area contributed by atoms with Crippen LogP contribution in [0.3, 0.4) is 0 Å². The van der Waals surface area contributed by atoms with Crippen molar-refractivity contribution in [1.29, 1.82) is 0 Å². The SMILES string of the molecule is c1ccc2c(c1)sc1ccc3c4cccc5c6ccccc6c6cccc7sc8cccc(c8c76)n(c54)c3c12. The van der Waals surface area contributed by atoms with E-state index in [0.717, 1.165) is 0 Å². The second kappa shape index (κ2) is 7.15. The fourth-order valence-electron chi connectivity index (χ4n) is 7.03. The number of rotatable bonds is 0. The topological polar surface area (TPSA) is 4.41 Å². The monoisotopic (exact) mass is 529 g/mol. The van der Waals surface area contributed by atoms with Crippen molar-refractivity contribution in [1.82, 2.24) is 4.40 Å². The molecule has 0 atom stereocenters. The van der Waals surface area contributed by atoms with Crippen molar-refractivity contribution in [3.05, 3.63) is 115 Å². The quantitative estimate of drug-likeness (QED) is 0.184. The fraction of sp³-hybridized carbons (Fsp3) is 0. The van der Waals surface area contributed by atoms with E-state index in [1.807, 2.05) is 22.7 Å². The first-order chi connectivity index (χ1) is 19.4. The minimum atomic E-state index is 1.27. The Kier molecular flexibility index (Phi) is 3.76. The average molecular weight is 530 g/mol. The predicted octanol–water partition coefficient (Wildman–Crippen LogP) is 11.3. The van der Waals surface area contributed by atoms with Crippen molar-refractivity contribution in [2.75, 3.05) is 0 Å². The van der Waals surface area contributed by atoms with E-state index >= 15 is 0 Å². The van der Waals surface area contributed by atoms with Gasteiger partial charge in [-0.05, 0) is 46.5 Å². The van der Waals surface area contributed by atoms with Crippen molar-refractivity contribution in [3.8, 4) is 0 Å².